The topological polar surface area (TPSA) is 24.1 Å². The van der Waals surface area contributed by atoms with E-state index in [0.717, 1.165) is 11.3 Å². The minimum absolute atomic E-state index is 0.414. The second kappa shape index (κ2) is 7.66. The second-order valence-corrected chi connectivity index (χ2v) is 7.79. The summed E-state index contributed by atoms with van der Waals surface area (Å²) >= 11 is 0. The van der Waals surface area contributed by atoms with Gasteiger partial charge in [-0.05, 0) is 40.8 Å². The minimum Gasteiger partial charge on any atom is -0.320 e. The summed E-state index contributed by atoms with van der Waals surface area (Å²) < 4.78 is 0. The van der Waals surface area contributed by atoms with Crippen LogP contribution in [0.5, 0.6) is 0 Å². The van der Waals surface area contributed by atoms with Crippen LogP contribution in [-0.2, 0) is 5.54 Å². The maximum Gasteiger partial charge on any atom is 0.107 e. The Kier molecular flexibility index (Phi) is 4.70. The molecule has 0 aliphatic carbocycles. The molecule has 0 saturated carbocycles. The summed E-state index contributed by atoms with van der Waals surface area (Å²) in [4.78, 5) is 0. The molecule has 1 aliphatic heterocycles. The summed E-state index contributed by atoms with van der Waals surface area (Å²) in [6, 6.07) is 38.5. The lowest BCUT2D eigenvalue weighted by Crippen LogP contribution is -2.43. The Bertz CT molecular complexity index is 1160. The molecule has 4 aromatic rings. The molecule has 1 unspecified atom stereocenters. The molecular weight excluding hydrogens is 364 g/mol. The van der Waals surface area contributed by atoms with E-state index in [2.05, 4.69) is 127 Å². The van der Waals surface area contributed by atoms with Crippen molar-refractivity contribution >= 4 is 5.70 Å². The maximum absolute atomic E-state index is 3.57. The summed E-state index contributed by atoms with van der Waals surface area (Å²) in [5.41, 5.74) is 15.0. The van der Waals surface area contributed by atoms with Gasteiger partial charge in [0.2, 0.25) is 0 Å². The van der Waals surface area contributed by atoms with Crippen LogP contribution in [0.4, 0.5) is 0 Å². The van der Waals surface area contributed by atoms with E-state index in [-0.39, 0.29) is 0 Å². The molecule has 2 heteroatoms. The van der Waals surface area contributed by atoms with Crippen molar-refractivity contribution < 1.29 is 0 Å². The Labute approximate surface area is 177 Å². The summed E-state index contributed by atoms with van der Waals surface area (Å²) in [5.74, 6) is 0. The quantitative estimate of drug-likeness (QED) is 0.444. The predicted molar refractivity (Wildman–Crippen MR) is 125 cm³/mol. The second-order valence-electron chi connectivity index (χ2n) is 7.79. The highest BCUT2D eigenvalue weighted by Gasteiger charge is 2.36. The third kappa shape index (κ3) is 3.32. The van der Waals surface area contributed by atoms with E-state index >= 15 is 0 Å². The van der Waals surface area contributed by atoms with E-state index in [1.807, 2.05) is 6.07 Å². The smallest absolute Gasteiger partial charge is 0.107 e. The molecule has 0 amide bonds. The first-order valence-corrected chi connectivity index (χ1v) is 10.3. The first-order chi connectivity index (χ1) is 14.7. The van der Waals surface area contributed by atoms with Crippen LogP contribution in [0.25, 0.3) is 16.8 Å². The Morgan fingerprint density at radius 2 is 1.07 bits per heavy atom. The molecule has 146 valence electrons. The molecule has 0 fully saturated rings. The van der Waals surface area contributed by atoms with Crippen LogP contribution in [0.2, 0.25) is 0 Å². The van der Waals surface area contributed by atoms with Crippen molar-refractivity contribution in [3.63, 3.8) is 0 Å². The lowest BCUT2D eigenvalue weighted by molar-refractivity contribution is 0.490. The standard InChI is InChI=1S/C28H24N2/c1-21-12-18-26(19-13-21)28(25-10-6-3-7-11-25)20-27(29-30-28)24-16-14-23(15-17-24)22-8-4-2-5-9-22/h2-20,29-30H,1H3. The van der Waals surface area contributed by atoms with Gasteiger partial charge in [0.05, 0.1) is 5.70 Å². The predicted octanol–water partition coefficient (Wildman–Crippen LogP) is 6.05. The Morgan fingerprint density at radius 1 is 0.533 bits per heavy atom. The number of aryl methyl sites for hydroxylation is 1. The zero-order valence-electron chi connectivity index (χ0n) is 17.0. The van der Waals surface area contributed by atoms with Gasteiger partial charge in [-0.15, -0.1) is 0 Å². The number of rotatable bonds is 4. The van der Waals surface area contributed by atoms with Crippen molar-refractivity contribution in [1.82, 2.24) is 10.9 Å². The Morgan fingerprint density at radius 3 is 1.73 bits per heavy atom. The molecule has 1 aliphatic rings. The van der Waals surface area contributed by atoms with Crippen LogP contribution >= 0.6 is 0 Å². The van der Waals surface area contributed by atoms with Crippen molar-refractivity contribution in [2.45, 2.75) is 12.5 Å². The molecule has 2 N–H and O–H groups in total. The molecule has 1 atom stereocenters. The van der Waals surface area contributed by atoms with Crippen molar-refractivity contribution in [2.24, 2.45) is 0 Å². The van der Waals surface area contributed by atoms with E-state index in [1.54, 1.807) is 0 Å². The number of benzene rings is 4. The fourth-order valence-corrected chi connectivity index (χ4v) is 4.08. The van der Waals surface area contributed by atoms with Crippen LogP contribution < -0.4 is 10.9 Å². The zero-order chi connectivity index (χ0) is 20.4. The van der Waals surface area contributed by atoms with Gasteiger partial charge in [0.1, 0.15) is 5.54 Å². The third-order valence-electron chi connectivity index (χ3n) is 5.79. The highest BCUT2D eigenvalue weighted by Crippen LogP contribution is 2.37. The van der Waals surface area contributed by atoms with Gasteiger partial charge in [0.25, 0.3) is 0 Å². The Hall–Kier alpha value is -3.62. The average Bonchev–Trinajstić information content (AvgIpc) is 3.27. The highest BCUT2D eigenvalue weighted by atomic mass is 15.4. The van der Waals surface area contributed by atoms with Crippen molar-refractivity contribution in [3.8, 4) is 11.1 Å². The van der Waals surface area contributed by atoms with E-state index in [9.17, 15) is 0 Å². The molecule has 30 heavy (non-hydrogen) atoms. The molecule has 0 radical (unpaired) electrons. The fraction of sp³-hybridized carbons (Fsp3) is 0.0714. The molecule has 0 bridgehead atoms. The molecule has 2 nitrogen and oxygen atoms in total. The van der Waals surface area contributed by atoms with Crippen LogP contribution in [0.15, 0.2) is 115 Å². The first kappa shape index (κ1) is 18.4. The zero-order valence-corrected chi connectivity index (χ0v) is 17.0. The normalized spacial score (nSPS) is 18.0. The molecule has 5 rings (SSSR count). The Balaban J connectivity index is 1.55. The number of nitrogens with one attached hydrogen (secondary N) is 2. The minimum atomic E-state index is -0.414. The molecular formula is C28H24N2. The van der Waals surface area contributed by atoms with Crippen LogP contribution in [0.3, 0.4) is 0 Å². The largest absolute Gasteiger partial charge is 0.320 e. The molecule has 0 spiro atoms. The summed E-state index contributed by atoms with van der Waals surface area (Å²) in [6.07, 6.45) is 2.30. The molecule has 0 saturated heterocycles. The van der Waals surface area contributed by atoms with Crippen molar-refractivity contribution in [2.75, 3.05) is 0 Å². The lowest BCUT2D eigenvalue weighted by Gasteiger charge is -2.28. The molecule has 4 aromatic carbocycles. The van der Waals surface area contributed by atoms with Gasteiger partial charge in [-0.3, -0.25) is 0 Å². The monoisotopic (exact) mass is 388 g/mol. The maximum atomic E-state index is 3.57. The SMILES string of the molecule is Cc1ccc(C2(c3ccccc3)C=C(c3ccc(-c4ccccc4)cc3)NN2)cc1. The number of hydrogen-bond acceptors (Lipinski definition) is 2. The highest BCUT2D eigenvalue weighted by molar-refractivity contribution is 5.73. The van der Waals surface area contributed by atoms with Gasteiger partial charge in [-0.2, -0.15) is 0 Å². The summed E-state index contributed by atoms with van der Waals surface area (Å²) in [5, 5.41) is 0. The van der Waals surface area contributed by atoms with Crippen LogP contribution in [-0.4, -0.2) is 0 Å². The van der Waals surface area contributed by atoms with Crippen molar-refractivity contribution in [1.29, 1.82) is 0 Å². The van der Waals surface area contributed by atoms with Gasteiger partial charge in [0, 0.05) is 0 Å². The summed E-state index contributed by atoms with van der Waals surface area (Å²) in [6.45, 7) is 2.12. The van der Waals surface area contributed by atoms with Crippen LogP contribution in [0, 0.1) is 6.92 Å². The van der Waals surface area contributed by atoms with E-state index in [1.165, 1.54) is 27.8 Å². The fourth-order valence-electron chi connectivity index (χ4n) is 4.08. The van der Waals surface area contributed by atoms with Gasteiger partial charge in [0.15, 0.2) is 0 Å². The summed E-state index contributed by atoms with van der Waals surface area (Å²) in [7, 11) is 0. The number of hydrogen-bond donors (Lipinski definition) is 2. The van der Waals surface area contributed by atoms with Gasteiger partial charge < -0.3 is 5.43 Å². The lowest BCUT2D eigenvalue weighted by atomic mass is 9.82. The first-order valence-electron chi connectivity index (χ1n) is 10.3. The molecule has 1 heterocycles. The number of hydrazine groups is 1. The van der Waals surface area contributed by atoms with Crippen LogP contribution in [0.1, 0.15) is 22.3 Å². The average molecular weight is 389 g/mol. The van der Waals surface area contributed by atoms with E-state index < -0.39 is 5.54 Å². The molecule has 0 aromatic heterocycles. The van der Waals surface area contributed by atoms with E-state index in [0.29, 0.717) is 0 Å². The van der Waals surface area contributed by atoms with Gasteiger partial charge in [-0.25, -0.2) is 5.43 Å². The van der Waals surface area contributed by atoms with Gasteiger partial charge in [-0.1, -0.05) is 115 Å². The third-order valence-corrected chi connectivity index (χ3v) is 5.79. The van der Waals surface area contributed by atoms with E-state index in [4.69, 9.17) is 0 Å². The van der Waals surface area contributed by atoms with Crippen molar-refractivity contribution in [3.05, 3.63) is 138 Å². The van der Waals surface area contributed by atoms with Gasteiger partial charge >= 0.3 is 0 Å².